The smallest absolute Gasteiger partial charge is 0.143 e. The number of fused-ring (bicyclic) bond motifs is 1. The first kappa shape index (κ1) is 12.7. The van der Waals surface area contributed by atoms with Gasteiger partial charge < -0.3 is 10.3 Å². The minimum atomic E-state index is 0. The Morgan fingerprint density at radius 1 is 1.17 bits per heavy atom. The number of hydrogen-bond acceptors (Lipinski definition) is 3. The number of nitrogens with one attached hydrogen (secondary N) is 2. The van der Waals surface area contributed by atoms with Crippen molar-refractivity contribution >= 4 is 46.5 Å². The maximum atomic E-state index is 5.93. The number of halogens is 2. The van der Waals surface area contributed by atoms with Crippen molar-refractivity contribution in [1.82, 2.24) is 15.0 Å². The number of hydrogen-bond donors (Lipinski definition) is 2. The van der Waals surface area contributed by atoms with E-state index >= 15 is 0 Å². The zero-order chi connectivity index (χ0) is 11.7. The number of aromatic amines is 1. The van der Waals surface area contributed by atoms with Gasteiger partial charge >= 0.3 is 0 Å². The third kappa shape index (κ3) is 2.39. The van der Waals surface area contributed by atoms with Crippen LogP contribution in [0.3, 0.4) is 0 Å². The molecule has 0 aliphatic rings. The highest BCUT2D eigenvalue weighted by Gasteiger charge is 2.04. The molecule has 0 fully saturated rings. The Morgan fingerprint density at radius 3 is 2.89 bits per heavy atom. The average molecular weight is 281 g/mol. The van der Waals surface area contributed by atoms with Crippen molar-refractivity contribution < 1.29 is 0 Å². The molecule has 3 rings (SSSR count). The van der Waals surface area contributed by atoms with Gasteiger partial charge in [-0.15, -0.1) is 12.4 Å². The van der Waals surface area contributed by atoms with Gasteiger partial charge in [-0.1, -0.05) is 17.7 Å². The Labute approximate surface area is 115 Å². The SMILES string of the molecule is Cl.Clc1cccc(Nc2ncnc3[nH]ccc23)c1. The van der Waals surface area contributed by atoms with Gasteiger partial charge in [0.15, 0.2) is 0 Å². The van der Waals surface area contributed by atoms with Gasteiger partial charge in [-0.05, 0) is 24.3 Å². The summed E-state index contributed by atoms with van der Waals surface area (Å²) in [7, 11) is 0. The zero-order valence-corrected chi connectivity index (χ0v) is 10.8. The molecule has 6 heteroatoms. The second kappa shape index (κ2) is 5.25. The van der Waals surface area contributed by atoms with Gasteiger partial charge in [-0.25, -0.2) is 9.97 Å². The highest BCUT2D eigenvalue weighted by Crippen LogP contribution is 2.23. The van der Waals surface area contributed by atoms with Crippen LogP contribution in [-0.4, -0.2) is 15.0 Å². The molecule has 4 nitrogen and oxygen atoms in total. The van der Waals surface area contributed by atoms with Crippen molar-refractivity contribution in [2.24, 2.45) is 0 Å². The quantitative estimate of drug-likeness (QED) is 0.751. The van der Waals surface area contributed by atoms with Crippen LogP contribution in [0.25, 0.3) is 11.0 Å². The predicted octanol–water partition coefficient (Wildman–Crippen LogP) is 3.78. The van der Waals surface area contributed by atoms with Crippen LogP contribution in [0.15, 0.2) is 42.9 Å². The van der Waals surface area contributed by atoms with E-state index in [2.05, 4.69) is 20.3 Å². The van der Waals surface area contributed by atoms with Gasteiger partial charge in [0.25, 0.3) is 0 Å². The zero-order valence-electron chi connectivity index (χ0n) is 9.22. The number of rotatable bonds is 2. The molecule has 0 saturated heterocycles. The third-order valence-corrected chi connectivity index (χ3v) is 2.68. The van der Waals surface area contributed by atoms with E-state index in [0.29, 0.717) is 5.02 Å². The second-order valence-corrected chi connectivity index (χ2v) is 4.03. The fourth-order valence-corrected chi connectivity index (χ4v) is 1.87. The lowest BCUT2D eigenvalue weighted by Gasteiger charge is -2.06. The van der Waals surface area contributed by atoms with Gasteiger partial charge in [0.05, 0.1) is 5.39 Å². The summed E-state index contributed by atoms with van der Waals surface area (Å²) in [6, 6.07) is 9.44. The van der Waals surface area contributed by atoms with Gasteiger partial charge in [0.1, 0.15) is 17.8 Å². The van der Waals surface area contributed by atoms with Crippen molar-refractivity contribution in [3.8, 4) is 0 Å². The molecule has 0 bridgehead atoms. The van der Waals surface area contributed by atoms with Crippen molar-refractivity contribution in [1.29, 1.82) is 0 Å². The maximum absolute atomic E-state index is 5.93. The first-order valence-corrected chi connectivity index (χ1v) is 5.51. The molecule has 0 radical (unpaired) electrons. The standard InChI is InChI=1S/C12H9ClN4.ClH/c13-8-2-1-3-9(6-8)17-12-10-4-5-14-11(10)15-7-16-12;/h1-7H,(H2,14,15,16,17);1H. The molecule has 0 aliphatic heterocycles. The number of H-pyrrole nitrogens is 1. The third-order valence-electron chi connectivity index (χ3n) is 2.44. The summed E-state index contributed by atoms with van der Waals surface area (Å²) in [5, 5.41) is 4.86. The van der Waals surface area contributed by atoms with Gasteiger partial charge in [-0.3, -0.25) is 0 Å². The van der Waals surface area contributed by atoms with Crippen LogP contribution in [-0.2, 0) is 0 Å². The Balaban J connectivity index is 0.00000120. The monoisotopic (exact) mass is 280 g/mol. The summed E-state index contributed by atoms with van der Waals surface area (Å²) < 4.78 is 0. The highest BCUT2D eigenvalue weighted by molar-refractivity contribution is 6.30. The average Bonchev–Trinajstić information content (AvgIpc) is 2.78. The molecule has 0 saturated carbocycles. The molecule has 92 valence electrons. The fourth-order valence-electron chi connectivity index (χ4n) is 1.67. The van der Waals surface area contributed by atoms with Crippen LogP contribution in [0.5, 0.6) is 0 Å². The molecule has 0 atom stereocenters. The number of aromatic nitrogens is 3. The molecule has 0 unspecified atom stereocenters. The normalized spacial score (nSPS) is 10.1. The Bertz CT molecular complexity index is 666. The van der Waals surface area contributed by atoms with E-state index in [0.717, 1.165) is 22.5 Å². The van der Waals surface area contributed by atoms with Gasteiger partial charge in [0.2, 0.25) is 0 Å². The molecule has 0 spiro atoms. The molecule has 3 aromatic rings. The first-order valence-electron chi connectivity index (χ1n) is 5.13. The molecule has 2 N–H and O–H groups in total. The van der Waals surface area contributed by atoms with Crippen molar-refractivity contribution in [2.45, 2.75) is 0 Å². The molecule has 0 amide bonds. The Hall–Kier alpha value is -1.78. The summed E-state index contributed by atoms with van der Waals surface area (Å²) in [5.41, 5.74) is 1.71. The van der Waals surface area contributed by atoms with Crippen LogP contribution < -0.4 is 5.32 Å². The molecule has 18 heavy (non-hydrogen) atoms. The summed E-state index contributed by atoms with van der Waals surface area (Å²) >= 11 is 5.93. The lowest BCUT2D eigenvalue weighted by molar-refractivity contribution is 1.20. The fraction of sp³-hybridized carbons (Fsp3) is 0. The van der Waals surface area contributed by atoms with E-state index in [1.54, 1.807) is 0 Å². The summed E-state index contributed by atoms with van der Waals surface area (Å²) in [6.07, 6.45) is 3.36. The van der Waals surface area contributed by atoms with Gasteiger partial charge in [-0.2, -0.15) is 0 Å². The van der Waals surface area contributed by atoms with Crippen molar-refractivity contribution in [3.05, 3.63) is 47.9 Å². The van der Waals surface area contributed by atoms with Crippen LogP contribution in [0.2, 0.25) is 5.02 Å². The topological polar surface area (TPSA) is 53.6 Å². The van der Waals surface area contributed by atoms with Crippen LogP contribution in [0.4, 0.5) is 11.5 Å². The van der Waals surface area contributed by atoms with Crippen molar-refractivity contribution in [3.63, 3.8) is 0 Å². The summed E-state index contributed by atoms with van der Waals surface area (Å²) in [5.74, 6) is 0.763. The van der Waals surface area contributed by atoms with E-state index in [-0.39, 0.29) is 12.4 Å². The highest BCUT2D eigenvalue weighted by atomic mass is 35.5. The Kier molecular flexibility index (Phi) is 3.69. The van der Waals surface area contributed by atoms with E-state index in [9.17, 15) is 0 Å². The van der Waals surface area contributed by atoms with E-state index in [1.807, 2.05) is 36.5 Å². The first-order chi connectivity index (χ1) is 8.33. The molecule has 0 aliphatic carbocycles. The van der Waals surface area contributed by atoms with Gasteiger partial charge in [0, 0.05) is 16.9 Å². The lowest BCUT2D eigenvalue weighted by Crippen LogP contribution is -1.94. The molecular formula is C12H10Cl2N4. The number of anilines is 2. The summed E-state index contributed by atoms with van der Waals surface area (Å²) in [4.78, 5) is 11.4. The summed E-state index contributed by atoms with van der Waals surface area (Å²) in [6.45, 7) is 0. The van der Waals surface area contributed by atoms with Crippen LogP contribution in [0.1, 0.15) is 0 Å². The maximum Gasteiger partial charge on any atom is 0.143 e. The van der Waals surface area contributed by atoms with E-state index in [1.165, 1.54) is 6.33 Å². The molecule has 1 aromatic carbocycles. The van der Waals surface area contributed by atoms with Crippen molar-refractivity contribution in [2.75, 3.05) is 5.32 Å². The molecule has 2 heterocycles. The Morgan fingerprint density at radius 2 is 2.06 bits per heavy atom. The minimum Gasteiger partial charge on any atom is -0.346 e. The number of nitrogens with zero attached hydrogens (tertiary/aromatic N) is 2. The van der Waals surface area contributed by atoms with Crippen LogP contribution >= 0.6 is 24.0 Å². The second-order valence-electron chi connectivity index (χ2n) is 3.60. The molecular weight excluding hydrogens is 271 g/mol. The minimum absolute atomic E-state index is 0. The van der Waals surface area contributed by atoms with Crippen LogP contribution in [0, 0.1) is 0 Å². The largest absolute Gasteiger partial charge is 0.346 e. The number of benzene rings is 1. The van der Waals surface area contributed by atoms with E-state index in [4.69, 9.17) is 11.6 Å². The van der Waals surface area contributed by atoms with E-state index < -0.39 is 0 Å². The predicted molar refractivity (Wildman–Crippen MR) is 75.9 cm³/mol. The molecule has 2 aromatic heterocycles. The lowest BCUT2D eigenvalue weighted by atomic mass is 10.3.